The molecule has 0 N–H and O–H groups in total. The van der Waals surface area contributed by atoms with Crippen molar-refractivity contribution in [2.75, 3.05) is 0 Å². The molecule has 0 nitrogen and oxygen atoms in total. The Bertz CT molecular complexity index is 637. The van der Waals surface area contributed by atoms with Gasteiger partial charge < -0.3 is 0 Å². The molecular weight excluding hydrogens is 290 g/mol. The molecule has 0 atom stereocenters. The number of halogens is 2. The second-order valence-electron chi connectivity index (χ2n) is 6.99. The zero-order chi connectivity index (χ0) is 16.2. The van der Waals surface area contributed by atoms with Gasteiger partial charge in [-0.1, -0.05) is 62.9 Å². The average molecular weight is 314 g/mol. The third-order valence-electron chi connectivity index (χ3n) is 5.18. The van der Waals surface area contributed by atoms with Crippen molar-refractivity contribution in [3.8, 4) is 11.1 Å². The molecule has 23 heavy (non-hydrogen) atoms. The van der Waals surface area contributed by atoms with Crippen molar-refractivity contribution >= 4 is 0 Å². The number of hydrogen-bond donors (Lipinski definition) is 0. The summed E-state index contributed by atoms with van der Waals surface area (Å²) in [5.74, 6) is 0.184. The van der Waals surface area contributed by atoms with Crippen molar-refractivity contribution < 1.29 is 8.78 Å². The van der Waals surface area contributed by atoms with E-state index < -0.39 is 11.6 Å². The number of aryl methyl sites for hydroxylation is 1. The average Bonchev–Trinajstić information content (AvgIpc) is 2.57. The molecule has 2 aromatic rings. The van der Waals surface area contributed by atoms with Gasteiger partial charge in [-0.2, -0.15) is 0 Å². The predicted octanol–water partition coefficient (Wildman–Crippen LogP) is 6.39. The van der Waals surface area contributed by atoms with E-state index in [2.05, 4.69) is 19.1 Å². The normalized spacial score (nSPS) is 21.3. The van der Waals surface area contributed by atoms with Gasteiger partial charge in [-0.15, -0.1) is 0 Å². The van der Waals surface area contributed by atoms with E-state index in [0.29, 0.717) is 0 Å². The summed E-state index contributed by atoms with van der Waals surface area (Å²) in [6, 6.07) is 12.3. The zero-order valence-corrected chi connectivity index (χ0v) is 13.7. The monoisotopic (exact) mass is 314 g/mol. The van der Waals surface area contributed by atoms with Crippen LogP contribution in [0, 0.1) is 23.5 Å². The van der Waals surface area contributed by atoms with Gasteiger partial charge in [-0.05, 0) is 53.5 Å². The fourth-order valence-electron chi connectivity index (χ4n) is 3.53. The minimum absolute atomic E-state index is 0.719. The molecule has 2 aromatic carbocycles. The van der Waals surface area contributed by atoms with Crippen molar-refractivity contribution in [2.24, 2.45) is 11.8 Å². The van der Waals surface area contributed by atoms with Crippen molar-refractivity contribution in [1.29, 1.82) is 0 Å². The first kappa shape index (κ1) is 16.2. The van der Waals surface area contributed by atoms with Crippen LogP contribution in [-0.2, 0) is 6.42 Å². The maximum Gasteiger partial charge on any atom is 0.159 e. The van der Waals surface area contributed by atoms with E-state index >= 15 is 0 Å². The first-order chi connectivity index (χ1) is 11.1. The molecule has 3 rings (SSSR count). The van der Waals surface area contributed by atoms with E-state index in [9.17, 15) is 8.78 Å². The molecule has 0 aliphatic heterocycles. The topological polar surface area (TPSA) is 0 Å². The van der Waals surface area contributed by atoms with E-state index in [1.165, 1.54) is 49.8 Å². The molecule has 0 spiro atoms. The molecule has 1 fully saturated rings. The van der Waals surface area contributed by atoms with Gasteiger partial charge in [0.15, 0.2) is 11.6 Å². The highest BCUT2D eigenvalue weighted by atomic mass is 19.2. The fourth-order valence-corrected chi connectivity index (χ4v) is 3.53. The smallest absolute Gasteiger partial charge is 0.159 e. The molecule has 0 aromatic heterocycles. The van der Waals surface area contributed by atoms with Crippen LogP contribution < -0.4 is 0 Å². The standard InChI is InChI=1S/C21H24F2/c1-15-2-4-16(5-3-15)6-7-17-8-10-18(11-9-17)19-12-13-20(22)21(23)14-19/h8-16H,2-7H2,1H3. The minimum atomic E-state index is -0.799. The summed E-state index contributed by atoms with van der Waals surface area (Å²) >= 11 is 0. The number of rotatable bonds is 4. The summed E-state index contributed by atoms with van der Waals surface area (Å²) in [5.41, 5.74) is 2.98. The summed E-state index contributed by atoms with van der Waals surface area (Å²) in [5, 5.41) is 0. The summed E-state index contributed by atoms with van der Waals surface area (Å²) in [4.78, 5) is 0. The number of benzene rings is 2. The van der Waals surface area contributed by atoms with E-state index in [1.807, 2.05) is 12.1 Å². The Morgan fingerprint density at radius 1 is 0.826 bits per heavy atom. The molecule has 0 saturated heterocycles. The van der Waals surface area contributed by atoms with Crippen molar-refractivity contribution in [3.05, 3.63) is 59.7 Å². The van der Waals surface area contributed by atoms with Gasteiger partial charge in [-0.25, -0.2) is 8.78 Å². The fraction of sp³-hybridized carbons (Fsp3) is 0.429. The molecule has 1 aliphatic rings. The summed E-state index contributed by atoms with van der Waals surface area (Å²) in [6.45, 7) is 2.35. The van der Waals surface area contributed by atoms with Gasteiger partial charge in [-0.3, -0.25) is 0 Å². The molecule has 0 bridgehead atoms. The Morgan fingerprint density at radius 2 is 1.48 bits per heavy atom. The van der Waals surface area contributed by atoms with Gasteiger partial charge in [0.1, 0.15) is 0 Å². The SMILES string of the molecule is CC1CCC(CCc2ccc(-c3ccc(F)c(F)c3)cc2)CC1. The largest absolute Gasteiger partial charge is 0.204 e. The van der Waals surface area contributed by atoms with Gasteiger partial charge in [0.2, 0.25) is 0 Å². The maximum atomic E-state index is 13.3. The van der Waals surface area contributed by atoms with Crippen LogP contribution in [0.5, 0.6) is 0 Å². The van der Waals surface area contributed by atoms with Crippen molar-refractivity contribution in [1.82, 2.24) is 0 Å². The van der Waals surface area contributed by atoms with Crippen molar-refractivity contribution in [3.63, 3.8) is 0 Å². The molecule has 0 amide bonds. The van der Waals surface area contributed by atoms with E-state index in [0.717, 1.165) is 29.4 Å². The van der Waals surface area contributed by atoms with Crippen LogP contribution in [0.4, 0.5) is 8.78 Å². The first-order valence-electron chi connectivity index (χ1n) is 8.66. The Kier molecular flexibility index (Phi) is 5.09. The summed E-state index contributed by atoms with van der Waals surface area (Å²) in [7, 11) is 0. The maximum absolute atomic E-state index is 13.3. The third kappa shape index (κ3) is 4.19. The van der Waals surface area contributed by atoms with Crippen LogP contribution in [0.1, 0.15) is 44.6 Å². The third-order valence-corrected chi connectivity index (χ3v) is 5.18. The highest BCUT2D eigenvalue weighted by Crippen LogP contribution is 2.31. The van der Waals surface area contributed by atoms with Crippen LogP contribution in [0.2, 0.25) is 0 Å². The molecule has 0 radical (unpaired) electrons. The molecule has 1 saturated carbocycles. The molecule has 2 heteroatoms. The second-order valence-corrected chi connectivity index (χ2v) is 6.99. The second kappa shape index (κ2) is 7.25. The highest BCUT2D eigenvalue weighted by Gasteiger charge is 2.17. The van der Waals surface area contributed by atoms with Crippen LogP contribution in [0.25, 0.3) is 11.1 Å². The minimum Gasteiger partial charge on any atom is -0.204 e. The van der Waals surface area contributed by atoms with Crippen LogP contribution in [0.15, 0.2) is 42.5 Å². The zero-order valence-electron chi connectivity index (χ0n) is 13.7. The summed E-state index contributed by atoms with van der Waals surface area (Å²) < 4.78 is 26.3. The lowest BCUT2D eigenvalue weighted by Crippen LogP contribution is -2.12. The molecular formula is C21H24F2. The Labute approximate surface area is 137 Å². The van der Waals surface area contributed by atoms with Gasteiger partial charge in [0.05, 0.1) is 0 Å². The quantitative estimate of drug-likeness (QED) is 0.613. The van der Waals surface area contributed by atoms with Gasteiger partial charge in [0.25, 0.3) is 0 Å². The Balaban J connectivity index is 1.59. The Morgan fingerprint density at radius 3 is 2.13 bits per heavy atom. The van der Waals surface area contributed by atoms with Gasteiger partial charge in [0, 0.05) is 0 Å². The predicted molar refractivity (Wildman–Crippen MR) is 91.2 cm³/mol. The lowest BCUT2D eigenvalue weighted by Gasteiger charge is -2.26. The first-order valence-corrected chi connectivity index (χ1v) is 8.66. The van der Waals surface area contributed by atoms with Gasteiger partial charge >= 0.3 is 0 Å². The van der Waals surface area contributed by atoms with Crippen LogP contribution >= 0.6 is 0 Å². The molecule has 122 valence electrons. The van der Waals surface area contributed by atoms with E-state index in [4.69, 9.17) is 0 Å². The molecule has 1 aliphatic carbocycles. The summed E-state index contributed by atoms with van der Waals surface area (Å²) in [6.07, 6.45) is 7.86. The number of hydrogen-bond acceptors (Lipinski definition) is 0. The highest BCUT2D eigenvalue weighted by molar-refractivity contribution is 5.63. The van der Waals surface area contributed by atoms with E-state index in [-0.39, 0.29) is 0 Å². The molecule has 0 heterocycles. The lowest BCUT2D eigenvalue weighted by molar-refractivity contribution is 0.278. The van der Waals surface area contributed by atoms with Crippen molar-refractivity contribution in [2.45, 2.75) is 45.4 Å². The molecule has 0 unspecified atom stereocenters. The lowest BCUT2D eigenvalue weighted by atomic mass is 9.80. The van der Waals surface area contributed by atoms with Crippen LogP contribution in [0.3, 0.4) is 0 Å². The van der Waals surface area contributed by atoms with E-state index in [1.54, 1.807) is 6.07 Å². The van der Waals surface area contributed by atoms with Crippen LogP contribution in [-0.4, -0.2) is 0 Å². The Hall–Kier alpha value is -1.70.